The Balaban J connectivity index is 1.60. The summed E-state index contributed by atoms with van der Waals surface area (Å²) in [7, 11) is 0. The minimum absolute atomic E-state index is 0.179. The molecule has 0 saturated heterocycles. The lowest BCUT2D eigenvalue weighted by Gasteiger charge is -2.07. The Morgan fingerprint density at radius 3 is 2.85 bits per heavy atom. The number of carbonyl (C=O) groups is 1. The van der Waals surface area contributed by atoms with E-state index < -0.39 is 0 Å². The number of fused-ring (bicyclic) bond motifs is 1. The van der Waals surface area contributed by atoms with Gasteiger partial charge in [-0.05, 0) is 43.7 Å². The summed E-state index contributed by atoms with van der Waals surface area (Å²) in [6.45, 7) is 4.08. The second-order valence-corrected chi connectivity index (χ2v) is 6.90. The van der Waals surface area contributed by atoms with Crippen LogP contribution in [0.15, 0.2) is 58.7 Å². The molecule has 3 aromatic rings. The van der Waals surface area contributed by atoms with Gasteiger partial charge in [-0.1, -0.05) is 41.6 Å². The summed E-state index contributed by atoms with van der Waals surface area (Å²) in [4.78, 5) is 16.5. The Bertz CT molecular complexity index is 988. The minimum Gasteiger partial charge on any atom is -0.272 e. The number of hydrogen-bond acceptors (Lipinski definition) is 4. The molecule has 0 bridgehead atoms. The molecule has 0 aliphatic rings. The molecule has 1 heterocycles. The lowest BCUT2D eigenvalue weighted by atomic mass is 10.1. The fourth-order valence-corrected chi connectivity index (χ4v) is 3.24. The van der Waals surface area contributed by atoms with Gasteiger partial charge in [0.1, 0.15) is 5.82 Å². The molecule has 0 saturated carbocycles. The molecule has 4 nitrogen and oxygen atoms in total. The van der Waals surface area contributed by atoms with Crippen molar-refractivity contribution in [2.24, 2.45) is 5.10 Å². The van der Waals surface area contributed by atoms with Crippen LogP contribution in [0.5, 0.6) is 0 Å². The van der Waals surface area contributed by atoms with Crippen LogP contribution < -0.4 is 5.43 Å². The molecule has 0 radical (unpaired) electrons. The fourth-order valence-electron chi connectivity index (χ4n) is 2.48. The average Bonchev–Trinajstić information content (AvgIpc) is 2.62. The van der Waals surface area contributed by atoms with Crippen LogP contribution >= 0.6 is 11.8 Å². The number of thioether (sulfide) groups is 1. The lowest BCUT2D eigenvalue weighted by Crippen LogP contribution is -2.19. The second kappa shape index (κ2) is 8.10. The van der Waals surface area contributed by atoms with Crippen molar-refractivity contribution in [2.45, 2.75) is 18.9 Å². The molecule has 26 heavy (non-hydrogen) atoms. The van der Waals surface area contributed by atoms with Crippen LogP contribution in [0.3, 0.4) is 0 Å². The zero-order chi connectivity index (χ0) is 18.5. The van der Waals surface area contributed by atoms with Gasteiger partial charge in [-0.3, -0.25) is 4.79 Å². The van der Waals surface area contributed by atoms with Gasteiger partial charge in [0.2, 0.25) is 5.91 Å². The number of hydrazone groups is 1. The highest BCUT2D eigenvalue weighted by Gasteiger charge is 2.07. The smallest absolute Gasteiger partial charge is 0.250 e. The van der Waals surface area contributed by atoms with Crippen LogP contribution in [-0.4, -0.2) is 22.9 Å². The van der Waals surface area contributed by atoms with Crippen molar-refractivity contribution < 1.29 is 9.18 Å². The van der Waals surface area contributed by atoms with E-state index in [0.717, 1.165) is 21.5 Å². The van der Waals surface area contributed by atoms with E-state index in [2.05, 4.69) is 21.6 Å². The van der Waals surface area contributed by atoms with Crippen molar-refractivity contribution in [1.29, 1.82) is 0 Å². The third-order valence-electron chi connectivity index (χ3n) is 3.80. The van der Waals surface area contributed by atoms with Crippen molar-refractivity contribution >= 4 is 34.8 Å². The molecule has 132 valence electrons. The molecule has 0 unspecified atom stereocenters. The first-order chi connectivity index (χ1) is 12.5. The van der Waals surface area contributed by atoms with Crippen molar-refractivity contribution in [3.63, 3.8) is 0 Å². The van der Waals surface area contributed by atoms with Gasteiger partial charge in [0, 0.05) is 10.9 Å². The first-order valence-corrected chi connectivity index (χ1v) is 9.09. The van der Waals surface area contributed by atoms with Crippen molar-refractivity contribution in [3.8, 4) is 0 Å². The van der Waals surface area contributed by atoms with E-state index in [1.807, 2.05) is 32.0 Å². The van der Waals surface area contributed by atoms with Crippen LogP contribution in [-0.2, 0) is 4.79 Å². The van der Waals surface area contributed by atoms with E-state index in [0.29, 0.717) is 5.56 Å². The standard InChI is InChI=1S/C20H18FN3OS/c1-13-7-8-18-16(9-13)14(2)10-20(23-18)26-12-19(25)24-22-11-15-5-3-4-6-17(15)21/h3-11H,12H2,1-2H3,(H,24,25)/b22-11+. The molecule has 0 fully saturated rings. The Morgan fingerprint density at radius 1 is 1.23 bits per heavy atom. The summed E-state index contributed by atoms with van der Waals surface area (Å²) >= 11 is 1.34. The van der Waals surface area contributed by atoms with Gasteiger partial charge < -0.3 is 0 Å². The van der Waals surface area contributed by atoms with E-state index in [4.69, 9.17) is 0 Å². The number of benzene rings is 2. The molecule has 2 aromatic carbocycles. The zero-order valence-electron chi connectivity index (χ0n) is 14.5. The highest BCUT2D eigenvalue weighted by atomic mass is 32.2. The largest absolute Gasteiger partial charge is 0.272 e. The van der Waals surface area contributed by atoms with E-state index >= 15 is 0 Å². The van der Waals surface area contributed by atoms with Crippen LogP contribution in [0.25, 0.3) is 10.9 Å². The number of hydrogen-bond donors (Lipinski definition) is 1. The Hall–Kier alpha value is -2.73. The average molecular weight is 367 g/mol. The monoisotopic (exact) mass is 367 g/mol. The number of pyridine rings is 1. The molecule has 1 amide bonds. The normalized spacial score (nSPS) is 11.2. The minimum atomic E-state index is -0.383. The van der Waals surface area contributed by atoms with E-state index in [1.54, 1.807) is 18.2 Å². The third kappa shape index (κ3) is 4.46. The van der Waals surface area contributed by atoms with E-state index in [-0.39, 0.29) is 17.5 Å². The highest BCUT2D eigenvalue weighted by molar-refractivity contribution is 7.99. The number of nitrogens with one attached hydrogen (secondary N) is 1. The first kappa shape index (κ1) is 18.1. The van der Waals surface area contributed by atoms with Gasteiger partial charge >= 0.3 is 0 Å². The number of amides is 1. The molecule has 0 spiro atoms. The Morgan fingerprint density at radius 2 is 2.04 bits per heavy atom. The summed E-state index contributed by atoms with van der Waals surface area (Å²) in [6, 6.07) is 14.3. The van der Waals surface area contributed by atoms with Gasteiger partial charge in [0.05, 0.1) is 22.5 Å². The molecule has 1 N–H and O–H groups in total. The fraction of sp³-hybridized carbons (Fsp3) is 0.150. The molecular weight excluding hydrogens is 349 g/mol. The molecule has 0 atom stereocenters. The van der Waals surface area contributed by atoms with E-state index in [1.165, 1.54) is 29.6 Å². The maximum atomic E-state index is 13.5. The van der Waals surface area contributed by atoms with Gasteiger partial charge in [-0.2, -0.15) is 5.10 Å². The van der Waals surface area contributed by atoms with Crippen LogP contribution in [0.1, 0.15) is 16.7 Å². The Kier molecular flexibility index (Phi) is 5.63. The summed E-state index contributed by atoms with van der Waals surface area (Å²) in [6.07, 6.45) is 1.29. The van der Waals surface area contributed by atoms with Crippen LogP contribution in [0.4, 0.5) is 4.39 Å². The molecule has 1 aromatic heterocycles. The van der Waals surface area contributed by atoms with Gasteiger partial charge in [-0.25, -0.2) is 14.8 Å². The second-order valence-electron chi connectivity index (χ2n) is 5.90. The number of nitrogens with zero attached hydrogens (tertiary/aromatic N) is 2. The van der Waals surface area contributed by atoms with Gasteiger partial charge in [0.25, 0.3) is 0 Å². The molecular formula is C20H18FN3OS. The van der Waals surface area contributed by atoms with Crippen LogP contribution in [0, 0.1) is 19.7 Å². The SMILES string of the molecule is Cc1ccc2nc(SCC(=O)N/N=C/c3ccccc3F)cc(C)c2c1. The van der Waals surface area contributed by atoms with E-state index in [9.17, 15) is 9.18 Å². The number of rotatable bonds is 5. The zero-order valence-corrected chi connectivity index (χ0v) is 15.3. The summed E-state index contributed by atoms with van der Waals surface area (Å²) in [5.74, 6) is -0.477. The first-order valence-electron chi connectivity index (χ1n) is 8.10. The summed E-state index contributed by atoms with van der Waals surface area (Å²) in [5, 5.41) is 5.70. The summed E-state index contributed by atoms with van der Waals surface area (Å²) in [5.41, 5.74) is 5.95. The molecule has 3 rings (SSSR count). The van der Waals surface area contributed by atoms with Crippen molar-refractivity contribution in [3.05, 3.63) is 71.0 Å². The van der Waals surface area contributed by atoms with Gasteiger partial charge in [-0.15, -0.1) is 0 Å². The maximum Gasteiger partial charge on any atom is 0.250 e. The van der Waals surface area contributed by atoms with Gasteiger partial charge in [0.15, 0.2) is 0 Å². The third-order valence-corrected chi connectivity index (χ3v) is 4.71. The number of halogens is 1. The predicted octanol–water partition coefficient (Wildman–Crippen LogP) is 4.23. The quantitative estimate of drug-likeness (QED) is 0.417. The Labute approximate surface area is 155 Å². The molecule has 0 aliphatic heterocycles. The molecule has 0 aliphatic carbocycles. The highest BCUT2D eigenvalue weighted by Crippen LogP contribution is 2.24. The lowest BCUT2D eigenvalue weighted by molar-refractivity contribution is -0.118. The number of aryl methyl sites for hydroxylation is 2. The van der Waals surface area contributed by atoms with Crippen LogP contribution in [0.2, 0.25) is 0 Å². The summed E-state index contributed by atoms with van der Waals surface area (Å²) < 4.78 is 13.5. The predicted molar refractivity (Wildman–Crippen MR) is 104 cm³/mol. The molecule has 6 heteroatoms. The number of carbonyl (C=O) groups excluding carboxylic acids is 1. The topological polar surface area (TPSA) is 54.4 Å². The number of aromatic nitrogens is 1. The van der Waals surface area contributed by atoms with Crippen molar-refractivity contribution in [1.82, 2.24) is 10.4 Å². The van der Waals surface area contributed by atoms with Crippen molar-refractivity contribution in [2.75, 3.05) is 5.75 Å². The maximum absolute atomic E-state index is 13.5.